The number of nitrogens with one attached hydrogen (secondary N) is 3. The second kappa shape index (κ2) is 13.2. The number of rotatable bonds is 10. The lowest BCUT2D eigenvalue weighted by molar-refractivity contribution is -0.178. The van der Waals surface area contributed by atoms with Crippen LogP contribution >= 0.6 is 27.5 Å². The molecule has 0 fully saturated rings. The van der Waals surface area contributed by atoms with E-state index in [1.807, 2.05) is 0 Å². The molecule has 3 N–H and O–H groups in total. The monoisotopic (exact) mass is 687 g/mol. The molecule has 4 rings (SSSR count). The summed E-state index contributed by atoms with van der Waals surface area (Å²) in [6.07, 6.45) is -7.45. The van der Waals surface area contributed by atoms with Crippen molar-refractivity contribution >= 4 is 67.7 Å². The second-order valence-electron chi connectivity index (χ2n) is 9.41. The molecule has 1 heterocycles. The minimum Gasteiger partial charge on any atom is -0.487 e. The van der Waals surface area contributed by atoms with Gasteiger partial charge in [0.25, 0.3) is 12.3 Å². The van der Waals surface area contributed by atoms with Crippen molar-refractivity contribution in [2.75, 3.05) is 17.2 Å². The number of hydrogen-bond acceptors (Lipinski definition) is 5. The fourth-order valence-electron chi connectivity index (χ4n) is 3.90. The first-order chi connectivity index (χ1) is 20.2. The molecular weight excluding hydrogens is 665 g/mol. The number of hydrogen-bond donors (Lipinski definition) is 3. The third kappa shape index (κ3) is 7.93. The van der Waals surface area contributed by atoms with Crippen LogP contribution in [-0.4, -0.2) is 40.6 Å². The van der Waals surface area contributed by atoms with E-state index in [-0.39, 0.29) is 28.8 Å². The Morgan fingerprint density at radius 3 is 2.44 bits per heavy atom. The number of aromatic nitrogens is 2. The van der Waals surface area contributed by atoms with Crippen molar-refractivity contribution < 1.29 is 36.3 Å². The lowest BCUT2D eigenvalue weighted by Crippen LogP contribution is -2.37. The summed E-state index contributed by atoms with van der Waals surface area (Å²) in [4.78, 5) is 29.5. The topological polar surface area (TPSA) is 97.3 Å². The summed E-state index contributed by atoms with van der Waals surface area (Å²) in [5.74, 6) is -3.79. The third-order valence-electron chi connectivity index (χ3n) is 6.32. The average molecular weight is 689 g/mol. The van der Waals surface area contributed by atoms with Crippen LogP contribution in [0, 0.1) is 5.92 Å². The normalized spacial score (nSPS) is 12.3. The Kier molecular flexibility index (Phi) is 9.80. The molecule has 15 heteroatoms. The molecule has 228 valence electrons. The number of carbonyl (C=O) groups is 2. The number of alkyl halides is 5. The zero-order chi connectivity index (χ0) is 31.5. The van der Waals surface area contributed by atoms with Gasteiger partial charge in [0.15, 0.2) is 0 Å². The number of carbonyl (C=O) groups excluding carboxylic acids is 2. The van der Waals surface area contributed by atoms with Crippen molar-refractivity contribution in [2.45, 2.75) is 26.1 Å². The first-order valence-electron chi connectivity index (χ1n) is 12.6. The van der Waals surface area contributed by atoms with Gasteiger partial charge in [0.1, 0.15) is 18.3 Å². The first-order valence-corrected chi connectivity index (χ1v) is 13.8. The van der Waals surface area contributed by atoms with Crippen LogP contribution in [0.3, 0.4) is 0 Å². The molecule has 0 aliphatic carbocycles. The number of anilines is 3. The van der Waals surface area contributed by atoms with Gasteiger partial charge in [-0.1, -0.05) is 33.6 Å². The van der Waals surface area contributed by atoms with E-state index in [9.17, 15) is 31.5 Å². The van der Waals surface area contributed by atoms with E-state index >= 15 is 0 Å². The lowest BCUT2D eigenvalue weighted by atomic mass is 10.1. The Labute approximate surface area is 255 Å². The number of amides is 2. The maximum absolute atomic E-state index is 13.1. The van der Waals surface area contributed by atoms with Crippen molar-refractivity contribution in [2.24, 2.45) is 13.0 Å². The van der Waals surface area contributed by atoms with E-state index in [1.54, 1.807) is 41.9 Å². The number of benzene rings is 3. The molecule has 0 spiro atoms. The van der Waals surface area contributed by atoms with Gasteiger partial charge in [-0.05, 0) is 55.0 Å². The molecule has 43 heavy (non-hydrogen) atoms. The van der Waals surface area contributed by atoms with Gasteiger partial charge < -0.3 is 25.3 Å². The number of halogens is 7. The molecule has 2 amide bonds. The largest absolute Gasteiger partial charge is 0.487 e. The molecule has 1 aromatic heterocycles. The minimum absolute atomic E-state index is 0.0235. The quantitative estimate of drug-likeness (QED) is 0.151. The van der Waals surface area contributed by atoms with E-state index in [2.05, 4.69) is 36.9 Å². The molecule has 0 bridgehead atoms. The first kappa shape index (κ1) is 32.0. The highest BCUT2D eigenvalue weighted by molar-refractivity contribution is 9.10. The summed E-state index contributed by atoms with van der Waals surface area (Å²) in [5, 5.41) is 8.24. The number of aryl methyl sites for hydroxylation is 1. The van der Waals surface area contributed by atoms with Crippen LogP contribution in [0.4, 0.5) is 39.3 Å². The highest BCUT2D eigenvalue weighted by atomic mass is 79.9. The molecular formula is C28H24BrClF5N5O3. The smallest absolute Gasteiger partial charge is 0.400 e. The summed E-state index contributed by atoms with van der Waals surface area (Å²) < 4.78 is 72.1. The second-order valence-corrected chi connectivity index (χ2v) is 10.7. The molecule has 0 radical (unpaired) electrons. The average Bonchev–Trinajstić information content (AvgIpc) is 3.25. The van der Waals surface area contributed by atoms with Crippen molar-refractivity contribution in [1.29, 1.82) is 0 Å². The van der Waals surface area contributed by atoms with Gasteiger partial charge >= 0.3 is 6.18 Å². The van der Waals surface area contributed by atoms with Gasteiger partial charge in [-0.3, -0.25) is 9.59 Å². The Hall–Kier alpha value is -3.91. The SMILES string of the molecule is CC(C(=O)NCc1ccc(Cl)c(Nc2nc3cc(C(=O)Nc4ccc(Br)cc4)c(OCC(F)F)cc3n2C)c1)C(F)(F)F. The number of nitrogens with zero attached hydrogens (tertiary/aromatic N) is 2. The van der Waals surface area contributed by atoms with Crippen LogP contribution in [0.25, 0.3) is 11.0 Å². The van der Waals surface area contributed by atoms with Gasteiger partial charge in [-0.25, -0.2) is 13.8 Å². The van der Waals surface area contributed by atoms with Crippen molar-refractivity contribution in [1.82, 2.24) is 14.9 Å². The zero-order valence-electron chi connectivity index (χ0n) is 22.5. The zero-order valence-corrected chi connectivity index (χ0v) is 24.9. The van der Waals surface area contributed by atoms with Gasteiger partial charge in [-0.15, -0.1) is 0 Å². The molecule has 1 unspecified atom stereocenters. The molecule has 8 nitrogen and oxygen atoms in total. The van der Waals surface area contributed by atoms with Gasteiger partial charge in [0.05, 0.1) is 27.3 Å². The van der Waals surface area contributed by atoms with Crippen LogP contribution in [0.5, 0.6) is 5.75 Å². The van der Waals surface area contributed by atoms with E-state index in [0.29, 0.717) is 28.0 Å². The molecule has 0 saturated heterocycles. The third-order valence-corrected chi connectivity index (χ3v) is 7.18. The van der Waals surface area contributed by atoms with Crippen LogP contribution in [-0.2, 0) is 18.4 Å². The lowest BCUT2D eigenvalue weighted by Gasteiger charge is -2.16. The predicted molar refractivity (Wildman–Crippen MR) is 156 cm³/mol. The summed E-state index contributed by atoms with van der Waals surface area (Å²) in [7, 11) is 1.63. The summed E-state index contributed by atoms with van der Waals surface area (Å²) in [5.41, 5.74) is 2.00. The summed E-state index contributed by atoms with van der Waals surface area (Å²) in [6.45, 7) is -0.348. The molecule has 3 aromatic carbocycles. The maximum Gasteiger partial charge on any atom is 0.400 e. The van der Waals surface area contributed by atoms with Gasteiger partial charge in [0, 0.05) is 29.8 Å². The van der Waals surface area contributed by atoms with Crippen molar-refractivity contribution in [3.05, 3.63) is 75.2 Å². The van der Waals surface area contributed by atoms with E-state index < -0.39 is 36.9 Å². The molecule has 1 atom stereocenters. The Morgan fingerprint density at radius 2 is 1.79 bits per heavy atom. The van der Waals surface area contributed by atoms with Crippen LogP contribution in [0.1, 0.15) is 22.8 Å². The van der Waals surface area contributed by atoms with E-state index in [1.165, 1.54) is 24.3 Å². The fourth-order valence-corrected chi connectivity index (χ4v) is 4.33. The number of ether oxygens (including phenoxy) is 1. The number of imidazole rings is 1. The molecule has 0 aliphatic heterocycles. The number of fused-ring (bicyclic) bond motifs is 1. The summed E-state index contributed by atoms with van der Waals surface area (Å²) in [6, 6.07) is 14.2. The molecule has 0 saturated carbocycles. The minimum atomic E-state index is -4.67. The Bertz CT molecular complexity index is 1650. The maximum atomic E-state index is 13.1. The van der Waals surface area contributed by atoms with Crippen LogP contribution in [0.15, 0.2) is 59.1 Å². The molecule has 0 aliphatic rings. The standard InChI is InChI=1S/C28H24BrClF5N5O3/c1-14(28(33,34)35)25(41)36-12-15-3-8-19(30)20(9-15)38-27-39-21-10-18(26(42)37-17-6-4-16(29)5-7-17)23(43-13-24(31)32)11-22(21)40(27)2/h3-11,14,24H,12-13H2,1-2H3,(H,36,41)(H,37,42)(H,38,39). The van der Waals surface area contributed by atoms with Gasteiger partial charge in [-0.2, -0.15) is 13.2 Å². The predicted octanol–water partition coefficient (Wildman–Crippen LogP) is 7.44. The summed E-state index contributed by atoms with van der Waals surface area (Å²) >= 11 is 9.65. The van der Waals surface area contributed by atoms with Crippen LogP contribution in [0.2, 0.25) is 5.02 Å². The van der Waals surface area contributed by atoms with Gasteiger partial charge in [0.2, 0.25) is 11.9 Å². The Morgan fingerprint density at radius 1 is 1.09 bits per heavy atom. The Balaban J connectivity index is 1.61. The van der Waals surface area contributed by atoms with Crippen molar-refractivity contribution in [3.8, 4) is 5.75 Å². The van der Waals surface area contributed by atoms with E-state index in [0.717, 1.165) is 11.4 Å². The fraction of sp³-hybridized carbons (Fsp3) is 0.250. The highest BCUT2D eigenvalue weighted by Gasteiger charge is 2.40. The van der Waals surface area contributed by atoms with Crippen molar-refractivity contribution in [3.63, 3.8) is 0 Å². The van der Waals surface area contributed by atoms with Crippen LogP contribution < -0.4 is 20.7 Å². The highest BCUT2D eigenvalue weighted by Crippen LogP contribution is 2.32. The molecule has 4 aromatic rings. The van der Waals surface area contributed by atoms with E-state index in [4.69, 9.17) is 16.3 Å².